The van der Waals surface area contributed by atoms with Crippen molar-refractivity contribution in [1.82, 2.24) is 5.32 Å². The standard InChI is InChI=1S/C17H19ClFNO/c1-11(13-8-9-16(19)15(18)10-13)20-12(2)14-6-4-5-7-17(14)21-3/h4-12,20H,1-3H3/t11?,12-/m1/s1. The van der Waals surface area contributed by atoms with Crippen LogP contribution in [0.4, 0.5) is 4.39 Å². The molecule has 1 unspecified atom stereocenters. The summed E-state index contributed by atoms with van der Waals surface area (Å²) in [6.45, 7) is 4.09. The number of nitrogens with one attached hydrogen (secondary N) is 1. The van der Waals surface area contributed by atoms with Gasteiger partial charge in [-0.2, -0.15) is 0 Å². The van der Waals surface area contributed by atoms with Crippen LogP contribution in [0.3, 0.4) is 0 Å². The number of hydrogen-bond acceptors (Lipinski definition) is 2. The van der Waals surface area contributed by atoms with Crippen LogP contribution in [0, 0.1) is 5.82 Å². The first-order chi connectivity index (χ1) is 10.0. The Labute approximate surface area is 129 Å². The van der Waals surface area contributed by atoms with E-state index in [-0.39, 0.29) is 17.1 Å². The summed E-state index contributed by atoms with van der Waals surface area (Å²) in [5.41, 5.74) is 2.03. The highest BCUT2D eigenvalue weighted by Gasteiger charge is 2.15. The Morgan fingerprint density at radius 3 is 2.48 bits per heavy atom. The number of hydrogen-bond donors (Lipinski definition) is 1. The minimum Gasteiger partial charge on any atom is -0.496 e. The highest BCUT2D eigenvalue weighted by Crippen LogP contribution is 2.27. The Kier molecular flexibility index (Phi) is 5.21. The molecule has 0 aliphatic rings. The summed E-state index contributed by atoms with van der Waals surface area (Å²) in [6.07, 6.45) is 0. The summed E-state index contributed by atoms with van der Waals surface area (Å²) >= 11 is 5.84. The predicted molar refractivity (Wildman–Crippen MR) is 84.4 cm³/mol. The maximum atomic E-state index is 13.2. The smallest absolute Gasteiger partial charge is 0.141 e. The van der Waals surface area contributed by atoms with Gasteiger partial charge in [0.2, 0.25) is 0 Å². The number of methoxy groups -OCH3 is 1. The number of rotatable bonds is 5. The molecule has 0 spiro atoms. The molecule has 2 rings (SSSR count). The average Bonchev–Trinajstić information content (AvgIpc) is 2.49. The van der Waals surface area contributed by atoms with Crippen LogP contribution in [-0.4, -0.2) is 7.11 Å². The molecule has 0 fully saturated rings. The summed E-state index contributed by atoms with van der Waals surface area (Å²) < 4.78 is 18.6. The van der Waals surface area contributed by atoms with E-state index >= 15 is 0 Å². The molecule has 0 aromatic heterocycles. The van der Waals surface area contributed by atoms with E-state index in [4.69, 9.17) is 16.3 Å². The molecule has 2 nitrogen and oxygen atoms in total. The molecule has 0 heterocycles. The van der Waals surface area contributed by atoms with E-state index in [2.05, 4.69) is 12.2 Å². The molecule has 21 heavy (non-hydrogen) atoms. The number of para-hydroxylation sites is 1. The summed E-state index contributed by atoms with van der Waals surface area (Å²) in [4.78, 5) is 0. The first-order valence-corrected chi connectivity index (χ1v) is 7.24. The van der Waals surface area contributed by atoms with Gasteiger partial charge in [-0.25, -0.2) is 4.39 Å². The van der Waals surface area contributed by atoms with Crippen LogP contribution in [0.2, 0.25) is 5.02 Å². The first-order valence-electron chi connectivity index (χ1n) is 6.87. The summed E-state index contributed by atoms with van der Waals surface area (Å²) in [5.74, 6) is 0.451. The summed E-state index contributed by atoms with van der Waals surface area (Å²) in [6, 6.07) is 12.8. The van der Waals surface area contributed by atoms with E-state index in [0.29, 0.717) is 0 Å². The fourth-order valence-electron chi connectivity index (χ4n) is 2.37. The summed E-state index contributed by atoms with van der Waals surface area (Å²) in [5, 5.41) is 3.62. The maximum Gasteiger partial charge on any atom is 0.141 e. The number of benzene rings is 2. The van der Waals surface area contributed by atoms with E-state index < -0.39 is 5.82 Å². The van der Waals surface area contributed by atoms with Gasteiger partial charge in [-0.15, -0.1) is 0 Å². The Morgan fingerprint density at radius 2 is 1.81 bits per heavy atom. The van der Waals surface area contributed by atoms with Crippen molar-refractivity contribution in [1.29, 1.82) is 0 Å². The van der Waals surface area contributed by atoms with E-state index in [9.17, 15) is 4.39 Å². The second-order valence-electron chi connectivity index (χ2n) is 5.03. The van der Waals surface area contributed by atoms with Crippen LogP contribution in [0.5, 0.6) is 5.75 Å². The van der Waals surface area contributed by atoms with Crippen molar-refractivity contribution in [3.63, 3.8) is 0 Å². The normalized spacial score (nSPS) is 13.8. The zero-order chi connectivity index (χ0) is 15.4. The second-order valence-corrected chi connectivity index (χ2v) is 5.43. The fraction of sp³-hybridized carbons (Fsp3) is 0.294. The highest BCUT2D eigenvalue weighted by molar-refractivity contribution is 6.30. The molecule has 0 aliphatic heterocycles. The van der Waals surface area contributed by atoms with Gasteiger partial charge >= 0.3 is 0 Å². The van der Waals surface area contributed by atoms with Gasteiger partial charge in [0, 0.05) is 17.6 Å². The molecule has 112 valence electrons. The molecule has 0 amide bonds. The van der Waals surface area contributed by atoms with E-state index in [0.717, 1.165) is 16.9 Å². The largest absolute Gasteiger partial charge is 0.496 e. The Hall–Kier alpha value is -1.58. The number of ether oxygens (including phenoxy) is 1. The van der Waals surface area contributed by atoms with Crippen LogP contribution < -0.4 is 10.1 Å². The quantitative estimate of drug-likeness (QED) is 0.848. The highest BCUT2D eigenvalue weighted by atomic mass is 35.5. The fourth-order valence-corrected chi connectivity index (χ4v) is 2.56. The van der Waals surface area contributed by atoms with Crippen LogP contribution >= 0.6 is 11.6 Å². The lowest BCUT2D eigenvalue weighted by atomic mass is 10.0. The molecule has 0 saturated carbocycles. The van der Waals surface area contributed by atoms with Gasteiger partial charge < -0.3 is 10.1 Å². The zero-order valence-electron chi connectivity index (χ0n) is 12.4. The Bertz CT molecular complexity index is 617. The van der Waals surface area contributed by atoms with Gasteiger partial charge in [-0.05, 0) is 37.6 Å². The summed E-state index contributed by atoms with van der Waals surface area (Å²) in [7, 11) is 1.66. The molecule has 2 atom stereocenters. The molecule has 0 saturated heterocycles. The van der Waals surface area contributed by atoms with Crippen molar-refractivity contribution in [2.75, 3.05) is 7.11 Å². The third-order valence-corrected chi connectivity index (χ3v) is 3.84. The van der Waals surface area contributed by atoms with E-state index in [1.165, 1.54) is 6.07 Å². The Morgan fingerprint density at radius 1 is 1.10 bits per heavy atom. The van der Waals surface area contributed by atoms with Gasteiger partial charge in [0.1, 0.15) is 11.6 Å². The Balaban J connectivity index is 2.14. The minimum absolute atomic E-state index is 0.0445. The molecule has 2 aromatic carbocycles. The lowest BCUT2D eigenvalue weighted by Gasteiger charge is -2.22. The van der Waals surface area contributed by atoms with Gasteiger partial charge in [0.25, 0.3) is 0 Å². The second kappa shape index (κ2) is 6.92. The van der Waals surface area contributed by atoms with Crippen molar-refractivity contribution in [3.05, 3.63) is 64.4 Å². The third kappa shape index (κ3) is 3.74. The van der Waals surface area contributed by atoms with Crippen molar-refractivity contribution >= 4 is 11.6 Å². The van der Waals surface area contributed by atoms with Crippen LogP contribution in [0.25, 0.3) is 0 Å². The van der Waals surface area contributed by atoms with Crippen LogP contribution in [0.15, 0.2) is 42.5 Å². The maximum absolute atomic E-state index is 13.2. The van der Waals surface area contributed by atoms with Gasteiger partial charge in [0.15, 0.2) is 0 Å². The van der Waals surface area contributed by atoms with Gasteiger partial charge in [0.05, 0.1) is 12.1 Å². The molecule has 4 heteroatoms. The van der Waals surface area contributed by atoms with E-state index in [1.807, 2.05) is 31.2 Å². The topological polar surface area (TPSA) is 21.3 Å². The molecular formula is C17H19ClFNO. The molecule has 0 radical (unpaired) electrons. The predicted octanol–water partition coefficient (Wildman–Crippen LogP) is 4.90. The van der Waals surface area contributed by atoms with E-state index in [1.54, 1.807) is 19.2 Å². The lowest BCUT2D eigenvalue weighted by molar-refractivity contribution is 0.396. The monoisotopic (exact) mass is 307 g/mol. The van der Waals surface area contributed by atoms with Crippen LogP contribution in [-0.2, 0) is 0 Å². The average molecular weight is 308 g/mol. The lowest BCUT2D eigenvalue weighted by Crippen LogP contribution is -2.23. The van der Waals surface area contributed by atoms with Crippen molar-refractivity contribution in [2.24, 2.45) is 0 Å². The van der Waals surface area contributed by atoms with Crippen molar-refractivity contribution in [2.45, 2.75) is 25.9 Å². The minimum atomic E-state index is -0.398. The van der Waals surface area contributed by atoms with Crippen LogP contribution in [0.1, 0.15) is 37.1 Å². The number of halogens is 2. The molecule has 0 aliphatic carbocycles. The van der Waals surface area contributed by atoms with Gasteiger partial charge in [-0.1, -0.05) is 35.9 Å². The van der Waals surface area contributed by atoms with Crippen molar-refractivity contribution in [3.8, 4) is 5.75 Å². The SMILES string of the molecule is COc1ccccc1[C@@H](C)NC(C)c1ccc(F)c(Cl)c1. The molecule has 2 aromatic rings. The zero-order valence-corrected chi connectivity index (χ0v) is 13.1. The van der Waals surface area contributed by atoms with Gasteiger partial charge in [-0.3, -0.25) is 0 Å². The third-order valence-electron chi connectivity index (χ3n) is 3.55. The molecule has 1 N–H and O–H groups in total. The first kappa shape index (κ1) is 15.8. The van der Waals surface area contributed by atoms with Crippen molar-refractivity contribution < 1.29 is 9.13 Å². The molecular weight excluding hydrogens is 289 g/mol. The molecule has 0 bridgehead atoms.